The van der Waals surface area contributed by atoms with Gasteiger partial charge in [-0.25, -0.2) is 0 Å². The second kappa shape index (κ2) is 5.94. The highest BCUT2D eigenvalue weighted by Crippen LogP contribution is 2.29. The summed E-state index contributed by atoms with van der Waals surface area (Å²) >= 11 is 5.17. The molecule has 0 spiro atoms. The van der Waals surface area contributed by atoms with E-state index in [-0.39, 0.29) is 11.8 Å². The van der Waals surface area contributed by atoms with Crippen molar-refractivity contribution in [3.8, 4) is 5.75 Å². The lowest BCUT2D eigenvalue weighted by Gasteiger charge is -2.20. The van der Waals surface area contributed by atoms with Gasteiger partial charge in [-0.15, -0.1) is 11.3 Å². The van der Waals surface area contributed by atoms with Gasteiger partial charge in [0.15, 0.2) is 0 Å². The summed E-state index contributed by atoms with van der Waals surface area (Å²) in [4.78, 5) is 3.37. The van der Waals surface area contributed by atoms with E-state index in [1.165, 1.54) is 4.88 Å². The number of phenolic OH excluding ortho intramolecular Hbond substituents is 1. The van der Waals surface area contributed by atoms with Crippen LogP contribution in [0.5, 0.6) is 5.75 Å². The SMILES string of the molecule is CC(N)c1ccc(N(C)Cc2cc(Br)cs2)cc1O. The standard InChI is InChI=1S/C14H17BrN2OS/c1-9(16)13-4-3-11(6-14(13)18)17(2)7-12-5-10(15)8-19-12/h3-6,8-9,18H,7,16H2,1-2H3. The second-order valence-corrected chi connectivity index (χ2v) is 6.53. The van der Waals surface area contributed by atoms with Crippen molar-refractivity contribution < 1.29 is 5.11 Å². The number of nitrogens with two attached hydrogens (primary N) is 1. The number of hydrogen-bond acceptors (Lipinski definition) is 4. The molecule has 0 radical (unpaired) electrons. The first-order valence-electron chi connectivity index (χ1n) is 6.00. The number of rotatable bonds is 4. The summed E-state index contributed by atoms with van der Waals surface area (Å²) in [5, 5.41) is 12.0. The van der Waals surface area contributed by atoms with Gasteiger partial charge in [-0.05, 0) is 35.0 Å². The van der Waals surface area contributed by atoms with E-state index in [0.29, 0.717) is 0 Å². The predicted molar refractivity (Wildman–Crippen MR) is 84.8 cm³/mol. The van der Waals surface area contributed by atoms with Gasteiger partial charge >= 0.3 is 0 Å². The molecule has 0 saturated carbocycles. The van der Waals surface area contributed by atoms with E-state index in [1.54, 1.807) is 17.4 Å². The third kappa shape index (κ3) is 3.49. The van der Waals surface area contributed by atoms with Gasteiger partial charge in [-0.3, -0.25) is 0 Å². The number of hydrogen-bond donors (Lipinski definition) is 2. The van der Waals surface area contributed by atoms with E-state index >= 15 is 0 Å². The van der Waals surface area contributed by atoms with Crippen LogP contribution in [0.3, 0.4) is 0 Å². The number of anilines is 1. The molecule has 1 unspecified atom stereocenters. The fourth-order valence-corrected chi connectivity index (χ4v) is 3.42. The molecule has 1 heterocycles. The van der Waals surface area contributed by atoms with Gasteiger partial charge in [-0.2, -0.15) is 0 Å². The molecular weight excluding hydrogens is 324 g/mol. The smallest absolute Gasteiger partial charge is 0.122 e. The van der Waals surface area contributed by atoms with Crippen LogP contribution in [-0.4, -0.2) is 12.2 Å². The van der Waals surface area contributed by atoms with Gasteiger partial charge in [0.25, 0.3) is 0 Å². The molecule has 19 heavy (non-hydrogen) atoms. The molecule has 1 aromatic heterocycles. The van der Waals surface area contributed by atoms with Crippen molar-refractivity contribution in [3.63, 3.8) is 0 Å². The first-order chi connectivity index (χ1) is 8.97. The Labute approximate surface area is 125 Å². The molecule has 0 fully saturated rings. The third-order valence-electron chi connectivity index (χ3n) is 2.96. The molecule has 1 atom stereocenters. The van der Waals surface area contributed by atoms with Gasteiger partial charge in [-0.1, -0.05) is 6.07 Å². The highest BCUT2D eigenvalue weighted by molar-refractivity contribution is 9.10. The van der Waals surface area contributed by atoms with Crippen molar-refractivity contribution in [2.45, 2.75) is 19.5 Å². The zero-order valence-corrected chi connectivity index (χ0v) is 13.3. The number of halogens is 1. The van der Waals surface area contributed by atoms with Crippen LogP contribution in [0.1, 0.15) is 23.4 Å². The van der Waals surface area contributed by atoms with Crippen molar-refractivity contribution in [2.24, 2.45) is 5.73 Å². The summed E-state index contributed by atoms with van der Waals surface area (Å²) < 4.78 is 1.11. The molecule has 1 aromatic carbocycles. The molecule has 0 bridgehead atoms. The van der Waals surface area contributed by atoms with Gasteiger partial charge in [0.1, 0.15) is 5.75 Å². The zero-order valence-electron chi connectivity index (χ0n) is 10.9. The fourth-order valence-electron chi connectivity index (χ4n) is 1.92. The predicted octanol–water partition coefficient (Wildman–Crippen LogP) is 3.87. The molecule has 102 valence electrons. The summed E-state index contributed by atoms with van der Waals surface area (Å²) in [7, 11) is 2.01. The van der Waals surface area contributed by atoms with Crippen LogP contribution in [0.4, 0.5) is 5.69 Å². The average Bonchev–Trinajstić information content (AvgIpc) is 2.74. The molecule has 3 nitrogen and oxygen atoms in total. The van der Waals surface area contributed by atoms with Crippen LogP contribution in [0.15, 0.2) is 34.1 Å². The molecule has 2 aromatic rings. The number of aromatic hydroxyl groups is 1. The van der Waals surface area contributed by atoms with E-state index in [0.717, 1.165) is 22.3 Å². The lowest BCUT2D eigenvalue weighted by Crippen LogP contribution is -2.15. The van der Waals surface area contributed by atoms with Crippen molar-refractivity contribution in [3.05, 3.63) is 44.6 Å². The van der Waals surface area contributed by atoms with Crippen LogP contribution >= 0.6 is 27.3 Å². The summed E-state index contributed by atoms with van der Waals surface area (Å²) in [6, 6.07) is 7.59. The van der Waals surface area contributed by atoms with Crippen molar-refractivity contribution in [2.75, 3.05) is 11.9 Å². The van der Waals surface area contributed by atoms with Gasteiger partial charge in [0.2, 0.25) is 0 Å². The van der Waals surface area contributed by atoms with E-state index in [2.05, 4.69) is 32.3 Å². The second-order valence-electron chi connectivity index (χ2n) is 4.62. The number of thiophene rings is 1. The molecule has 2 rings (SSSR count). The van der Waals surface area contributed by atoms with Gasteiger partial charge in [0.05, 0.1) is 6.54 Å². The summed E-state index contributed by atoms with van der Waals surface area (Å²) in [6.45, 7) is 2.68. The fraction of sp³-hybridized carbons (Fsp3) is 0.286. The van der Waals surface area contributed by atoms with Crippen molar-refractivity contribution >= 4 is 33.0 Å². The minimum atomic E-state index is -0.160. The molecule has 3 N–H and O–H groups in total. The van der Waals surface area contributed by atoms with Crippen molar-refractivity contribution in [1.29, 1.82) is 0 Å². The highest BCUT2D eigenvalue weighted by Gasteiger charge is 2.10. The minimum Gasteiger partial charge on any atom is -0.508 e. The Hall–Kier alpha value is -1.04. The van der Waals surface area contributed by atoms with Crippen LogP contribution in [-0.2, 0) is 6.54 Å². The third-order valence-corrected chi connectivity index (χ3v) is 4.64. The van der Waals surface area contributed by atoms with Gasteiger partial charge in [0, 0.05) is 45.1 Å². The van der Waals surface area contributed by atoms with E-state index in [9.17, 15) is 5.11 Å². The Kier molecular flexibility index (Phi) is 4.50. The molecule has 0 amide bonds. The molecule has 0 saturated heterocycles. The Morgan fingerprint density at radius 2 is 2.16 bits per heavy atom. The largest absolute Gasteiger partial charge is 0.508 e. The average molecular weight is 341 g/mol. The Balaban J connectivity index is 2.15. The maximum atomic E-state index is 9.97. The van der Waals surface area contributed by atoms with Crippen LogP contribution in [0.2, 0.25) is 0 Å². The highest BCUT2D eigenvalue weighted by atomic mass is 79.9. The maximum absolute atomic E-state index is 9.97. The molecule has 0 aliphatic rings. The Morgan fingerprint density at radius 3 is 2.68 bits per heavy atom. The first-order valence-corrected chi connectivity index (χ1v) is 7.67. The quantitative estimate of drug-likeness (QED) is 0.888. The number of benzene rings is 1. The first kappa shape index (κ1) is 14.4. The minimum absolute atomic E-state index is 0.160. The van der Waals surface area contributed by atoms with Gasteiger partial charge < -0.3 is 15.7 Å². The topological polar surface area (TPSA) is 49.5 Å². The monoisotopic (exact) mass is 340 g/mol. The molecule has 0 aliphatic heterocycles. The summed E-state index contributed by atoms with van der Waals surface area (Å²) in [6.07, 6.45) is 0. The van der Waals surface area contributed by atoms with E-state index in [4.69, 9.17) is 5.73 Å². The van der Waals surface area contributed by atoms with Crippen LogP contribution < -0.4 is 10.6 Å². The zero-order chi connectivity index (χ0) is 14.0. The van der Waals surface area contributed by atoms with Crippen LogP contribution in [0.25, 0.3) is 0 Å². The van der Waals surface area contributed by atoms with E-state index in [1.807, 2.05) is 26.1 Å². The summed E-state index contributed by atoms with van der Waals surface area (Å²) in [5.74, 6) is 0.256. The van der Waals surface area contributed by atoms with E-state index < -0.39 is 0 Å². The Bertz CT molecular complexity index is 568. The molecular formula is C14H17BrN2OS. The normalized spacial score (nSPS) is 12.4. The van der Waals surface area contributed by atoms with Crippen molar-refractivity contribution in [1.82, 2.24) is 0 Å². The number of phenols is 1. The van der Waals surface area contributed by atoms with Crippen LogP contribution in [0, 0.1) is 0 Å². The maximum Gasteiger partial charge on any atom is 0.122 e. The molecule has 0 aliphatic carbocycles. The summed E-state index contributed by atoms with van der Waals surface area (Å²) in [5.41, 5.74) is 7.54. The lowest BCUT2D eigenvalue weighted by atomic mass is 10.1. The lowest BCUT2D eigenvalue weighted by molar-refractivity contribution is 0.464. The Morgan fingerprint density at radius 1 is 1.42 bits per heavy atom. The number of nitrogens with zero attached hydrogens (tertiary/aromatic N) is 1. The molecule has 5 heteroatoms.